The fourth-order valence-electron chi connectivity index (χ4n) is 3.28. The zero-order chi connectivity index (χ0) is 18.2. The second-order valence-electron chi connectivity index (χ2n) is 6.98. The third kappa shape index (κ3) is 6.67. The van der Waals surface area contributed by atoms with Crippen LogP contribution in [0.4, 0.5) is 5.69 Å². The van der Waals surface area contributed by atoms with Crippen LogP contribution in [-0.4, -0.2) is 55.3 Å². The monoisotopic (exact) mass is 365 g/mol. The molecule has 0 aliphatic heterocycles. The van der Waals surface area contributed by atoms with E-state index >= 15 is 0 Å². The molecule has 138 valence electrons. The van der Waals surface area contributed by atoms with Crippen molar-refractivity contribution in [2.45, 2.75) is 32.1 Å². The van der Waals surface area contributed by atoms with Crippen LogP contribution in [0.3, 0.4) is 0 Å². The molecule has 0 heterocycles. The molecule has 6 heteroatoms. The summed E-state index contributed by atoms with van der Waals surface area (Å²) >= 11 is 6.03. The van der Waals surface area contributed by atoms with E-state index in [2.05, 4.69) is 10.2 Å². The molecule has 2 rings (SSSR count). The van der Waals surface area contributed by atoms with Crippen molar-refractivity contribution in [1.82, 2.24) is 9.80 Å². The Balaban J connectivity index is 1.75. The minimum atomic E-state index is -0.251. The first-order valence-corrected chi connectivity index (χ1v) is 9.30. The Bertz CT molecular complexity index is 588. The molecule has 0 spiro atoms. The molecule has 0 saturated heterocycles. The summed E-state index contributed by atoms with van der Waals surface area (Å²) in [5, 5.41) is 3.22. The normalized spacial score (nSPS) is 15.2. The number of rotatable bonds is 7. The minimum absolute atomic E-state index is 0.0152. The molecule has 1 aliphatic carbocycles. The number of halogens is 1. The Labute approximate surface area is 155 Å². The second kappa shape index (κ2) is 9.78. The fraction of sp³-hybridized carbons (Fsp3) is 0.579. The van der Waals surface area contributed by atoms with Crippen LogP contribution < -0.4 is 5.32 Å². The van der Waals surface area contributed by atoms with E-state index in [9.17, 15) is 9.59 Å². The summed E-state index contributed by atoms with van der Waals surface area (Å²) in [5.41, 5.74) is 0.560. The van der Waals surface area contributed by atoms with Gasteiger partial charge in [0.2, 0.25) is 11.8 Å². The molecule has 1 fully saturated rings. The summed E-state index contributed by atoms with van der Waals surface area (Å²) in [4.78, 5) is 28.0. The molecular weight excluding hydrogens is 338 g/mol. The molecule has 1 saturated carbocycles. The van der Waals surface area contributed by atoms with Crippen LogP contribution in [0.2, 0.25) is 5.02 Å². The Morgan fingerprint density at radius 1 is 1.12 bits per heavy atom. The summed E-state index contributed by atoms with van der Waals surface area (Å²) < 4.78 is 0. The summed E-state index contributed by atoms with van der Waals surface area (Å²) in [6, 6.07) is 7.05. The van der Waals surface area contributed by atoms with Gasteiger partial charge in [-0.1, -0.05) is 43.0 Å². The van der Waals surface area contributed by atoms with E-state index in [1.54, 1.807) is 31.3 Å². The van der Waals surface area contributed by atoms with Gasteiger partial charge in [-0.05, 0) is 37.9 Å². The molecule has 2 amide bonds. The van der Waals surface area contributed by atoms with Crippen molar-refractivity contribution >= 4 is 29.1 Å². The highest BCUT2D eigenvalue weighted by molar-refractivity contribution is 6.33. The predicted octanol–water partition coefficient (Wildman–Crippen LogP) is 3.25. The lowest BCUT2D eigenvalue weighted by atomic mass is 9.89. The third-order valence-electron chi connectivity index (χ3n) is 4.65. The van der Waals surface area contributed by atoms with Gasteiger partial charge in [-0.3, -0.25) is 14.5 Å². The van der Waals surface area contributed by atoms with E-state index in [1.165, 1.54) is 37.0 Å². The maximum Gasteiger partial charge on any atom is 0.244 e. The van der Waals surface area contributed by atoms with Crippen LogP contribution >= 0.6 is 11.6 Å². The quantitative estimate of drug-likeness (QED) is 0.807. The van der Waals surface area contributed by atoms with E-state index in [0.29, 0.717) is 23.2 Å². The van der Waals surface area contributed by atoms with Gasteiger partial charge in [-0.25, -0.2) is 0 Å². The van der Waals surface area contributed by atoms with Crippen molar-refractivity contribution < 1.29 is 9.59 Å². The maximum absolute atomic E-state index is 12.3. The topological polar surface area (TPSA) is 52.7 Å². The lowest BCUT2D eigenvalue weighted by molar-refractivity contribution is -0.134. The maximum atomic E-state index is 12.3. The van der Waals surface area contributed by atoms with E-state index < -0.39 is 0 Å². The molecule has 0 bridgehead atoms. The first-order valence-electron chi connectivity index (χ1n) is 8.92. The van der Waals surface area contributed by atoms with E-state index in [4.69, 9.17) is 11.6 Å². The van der Waals surface area contributed by atoms with Crippen LogP contribution in [0.15, 0.2) is 24.3 Å². The molecule has 5 nitrogen and oxygen atoms in total. The van der Waals surface area contributed by atoms with Crippen molar-refractivity contribution in [3.63, 3.8) is 0 Å². The number of hydrogen-bond acceptors (Lipinski definition) is 3. The number of para-hydroxylation sites is 1. The van der Waals surface area contributed by atoms with Gasteiger partial charge in [0.1, 0.15) is 0 Å². The highest BCUT2D eigenvalue weighted by atomic mass is 35.5. The number of amides is 2. The zero-order valence-electron chi connectivity index (χ0n) is 15.1. The van der Waals surface area contributed by atoms with Crippen LogP contribution in [0.5, 0.6) is 0 Å². The van der Waals surface area contributed by atoms with Crippen molar-refractivity contribution in [3.8, 4) is 0 Å². The van der Waals surface area contributed by atoms with Gasteiger partial charge in [0.25, 0.3) is 0 Å². The SMILES string of the molecule is CN(CC(=O)N(C)CC(=O)Nc1ccccc1Cl)CC1CCCCC1. The molecule has 0 aromatic heterocycles. The number of nitrogens with one attached hydrogen (secondary N) is 1. The van der Waals surface area contributed by atoms with Crippen molar-refractivity contribution in [2.75, 3.05) is 39.0 Å². The number of carbonyl (C=O) groups excluding carboxylic acids is 2. The van der Waals surface area contributed by atoms with Crippen LogP contribution in [0, 0.1) is 5.92 Å². The largest absolute Gasteiger partial charge is 0.335 e. The van der Waals surface area contributed by atoms with Crippen LogP contribution in [0.25, 0.3) is 0 Å². The van der Waals surface area contributed by atoms with Gasteiger partial charge in [-0.15, -0.1) is 0 Å². The summed E-state index contributed by atoms with van der Waals surface area (Å²) in [6.07, 6.45) is 6.45. The highest BCUT2D eigenvalue weighted by Gasteiger charge is 2.19. The Kier molecular flexibility index (Phi) is 7.72. The summed E-state index contributed by atoms with van der Waals surface area (Å²) in [7, 11) is 3.63. The average molecular weight is 366 g/mol. The van der Waals surface area contributed by atoms with E-state index in [1.807, 2.05) is 7.05 Å². The van der Waals surface area contributed by atoms with Gasteiger partial charge >= 0.3 is 0 Å². The van der Waals surface area contributed by atoms with Gasteiger partial charge < -0.3 is 10.2 Å². The molecule has 1 aromatic carbocycles. The summed E-state index contributed by atoms with van der Waals surface area (Å²) in [6.45, 7) is 1.30. The number of likely N-dealkylation sites (N-methyl/N-ethyl adjacent to an activating group) is 2. The molecule has 0 radical (unpaired) electrons. The number of anilines is 1. The van der Waals surface area contributed by atoms with Crippen molar-refractivity contribution in [1.29, 1.82) is 0 Å². The average Bonchev–Trinajstić information content (AvgIpc) is 2.57. The Hall–Kier alpha value is -1.59. The number of nitrogens with zero attached hydrogens (tertiary/aromatic N) is 2. The first kappa shape index (κ1) is 19.7. The van der Waals surface area contributed by atoms with Crippen LogP contribution in [-0.2, 0) is 9.59 Å². The van der Waals surface area contributed by atoms with Crippen LogP contribution in [0.1, 0.15) is 32.1 Å². The Morgan fingerprint density at radius 3 is 2.48 bits per heavy atom. The number of carbonyl (C=O) groups is 2. The molecule has 1 aliphatic rings. The Morgan fingerprint density at radius 2 is 1.80 bits per heavy atom. The van der Waals surface area contributed by atoms with E-state index in [0.717, 1.165) is 6.54 Å². The minimum Gasteiger partial charge on any atom is -0.335 e. The van der Waals surface area contributed by atoms with Gasteiger partial charge in [0.15, 0.2) is 0 Å². The smallest absolute Gasteiger partial charge is 0.244 e. The first-order chi connectivity index (χ1) is 12.0. The molecular formula is C19H28ClN3O2. The fourth-order valence-corrected chi connectivity index (χ4v) is 3.47. The lowest BCUT2D eigenvalue weighted by Crippen LogP contribution is -2.41. The molecule has 1 aromatic rings. The molecule has 0 unspecified atom stereocenters. The van der Waals surface area contributed by atoms with E-state index in [-0.39, 0.29) is 18.4 Å². The third-order valence-corrected chi connectivity index (χ3v) is 4.98. The van der Waals surface area contributed by atoms with Crippen molar-refractivity contribution in [2.24, 2.45) is 5.92 Å². The molecule has 0 atom stereocenters. The standard InChI is InChI=1S/C19H28ClN3O2/c1-22(12-15-8-4-3-5-9-15)14-19(25)23(2)13-18(24)21-17-11-7-6-10-16(17)20/h6-7,10-11,15H,3-5,8-9,12-14H2,1-2H3,(H,21,24). The van der Waals surface area contributed by atoms with Gasteiger partial charge in [-0.2, -0.15) is 0 Å². The highest BCUT2D eigenvalue weighted by Crippen LogP contribution is 2.24. The number of benzene rings is 1. The second-order valence-corrected chi connectivity index (χ2v) is 7.39. The molecule has 1 N–H and O–H groups in total. The lowest BCUT2D eigenvalue weighted by Gasteiger charge is -2.27. The van der Waals surface area contributed by atoms with Gasteiger partial charge in [0, 0.05) is 13.6 Å². The predicted molar refractivity (Wildman–Crippen MR) is 102 cm³/mol. The summed E-state index contributed by atoms with van der Waals surface area (Å²) in [5.74, 6) is 0.395. The van der Waals surface area contributed by atoms with Gasteiger partial charge in [0.05, 0.1) is 23.8 Å². The number of hydrogen-bond donors (Lipinski definition) is 1. The van der Waals surface area contributed by atoms with Crippen molar-refractivity contribution in [3.05, 3.63) is 29.3 Å². The zero-order valence-corrected chi connectivity index (χ0v) is 15.9. The molecule has 25 heavy (non-hydrogen) atoms.